The number of nitrogens with zero attached hydrogens (tertiary/aromatic N) is 4. The van der Waals surface area contributed by atoms with Crippen LogP contribution in [-0.4, -0.2) is 88.3 Å². The van der Waals surface area contributed by atoms with Gasteiger partial charge >= 0.3 is 11.9 Å². The molecule has 0 saturated carbocycles. The van der Waals surface area contributed by atoms with Crippen molar-refractivity contribution in [2.45, 2.75) is 45.7 Å². The first kappa shape index (κ1) is 30.7. The molecule has 1 aromatic heterocycles. The second-order valence-corrected chi connectivity index (χ2v) is 12.4. The Bertz CT molecular complexity index is 1510. The highest BCUT2D eigenvalue weighted by molar-refractivity contribution is 7.11. The molecule has 0 spiro atoms. The first-order valence-corrected chi connectivity index (χ1v) is 14.7. The van der Waals surface area contributed by atoms with Gasteiger partial charge in [0.1, 0.15) is 17.9 Å². The maximum atomic E-state index is 15.4. The van der Waals surface area contributed by atoms with Crippen molar-refractivity contribution in [3.05, 3.63) is 63.0 Å². The van der Waals surface area contributed by atoms with Crippen LogP contribution in [0.4, 0.5) is 13.2 Å². The summed E-state index contributed by atoms with van der Waals surface area (Å²) in [5.41, 5.74) is -0.501. The molecule has 2 N–H and O–H groups in total. The van der Waals surface area contributed by atoms with E-state index >= 15 is 8.78 Å². The number of carboxylic acid groups (broad SMARTS) is 1. The summed E-state index contributed by atoms with van der Waals surface area (Å²) >= 11 is 1.26. The van der Waals surface area contributed by atoms with E-state index in [0.29, 0.717) is 10.6 Å². The Labute approximate surface area is 250 Å². The topological polar surface area (TPSA) is 124 Å². The monoisotopic (exact) mass is 619 g/mol. The third-order valence-electron chi connectivity index (χ3n) is 8.10. The first-order chi connectivity index (χ1) is 20.2. The van der Waals surface area contributed by atoms with E-state index in [0.717, 1.165) is 0 Å². The average molecular weight is 620 g/mol. The van der Waals surface area contributed by atoms with Gasteiger partial charge < -0.3 is 20.1 Å². The Morgan fingerprint density at radius 2 is 2.05 bits per heavy atom. The zero-order valence-electron chi connectivity index (χ0n) is 24.1. The number of likely N-dealkylation sites (tertiary alicyclic amines) is 2. The van der Waals surface area contributed by atoms with E-state index in [1.54, 1.807) is 31.5 Å². The van der Waals surface area contributed by atoms with Gasteiger partial charge in [-0.25, -0.2) is 22.9 Å². The van der Waals surface area contributed by atoms with Gasteiger partial charge in [-0.1, -0.05) is 12.1 Å². The third-order valence-corrected chi connectivity index (χ3v) is 8.88. The molecule has 230 valence electrons. The number of carbonyl (C=O) groups is 3. The van der Waals surface area contributed by atoms with E-state index in [1.807, 2.05) is 0 Å². The number of carboxylic acids is 1. The van der Waals surface area contributed by atoms with E-state index in [1.165, 1.54) is 47.1 Å². The predicted molar refractivity (Wildman–Crippen MR) is 151 cm³/mol. The largest absolute Gasteiger partial charge is 0.481 e. The molecule has 10 nitrogen and oxygen atoms in total. The lowest BCUT2D eigenvalue weighted by atomic mass is 9.92. The molecule has 4 heterocycles. The van der Waals surface area contributed by atoms with Crippen molar-refractivity contribution in [2.75, 3.05) is 32.8 Å². The standard InChI is InChI=1S/C29H32F3N5O5S/c1-5-42-26(39)20-19(34-23(24-33-9-10-43-24)35-21(20)16-7-6-8-18(30)15(16)2)12-36-14-29(31,32)17-11-37(25(38)22(17)36)13-28(3,4)27(40)41/h6-10,17,21-22H,5,11-14H2,1-4H3,(H,34,35)(H,40,41). The number of fused-ring (bicyclic) bond motifs is 1. The number of esters is 1. The molecule has 2 saturated heterocycles. The number of aliphatic carboxylic acids is 1. The van der Waals surface area contributed by atoms with Crippen molar-refractivity contribution in [3.8, 4) is 0 Å². The van der Waals surface area contributed by atoms with Crippen LogP contribution in [0.15, 0.2) is 46.0 Å². The number of hydrogen-bond donors (Lipinski definition) is 2. The highest BCUT2D eigenvalue weighted by Crippen LogP contribution is 2.44. The molecule has 14 heteroatoms. The van der Waals surface area contributed by atoms with Crippen molar-refractivity contribution < 1.29 is 37.4 Å². The number of carbonyl (C=O) groups excluding carboxylic acids is 2. The minimum atomic E-state index is -3.26. The number of halogens is 3. The molecule has 3 unspecified atom stereocenters. The van der Waals surface area contributed by atoms with E-state index in [-0.39, 0.29) is 48.9 Å². The van der Waals surface area contributed by atoms with Gasteiger partial charge in [0.15, 0.2) is 10.8 Å². The maximum Gasteiger partial charge on any atom is 0.338 e. The summed E-state index contributed by atoms with van der Waals surface area (Å²) in [5.74, 6) is -7.38. The van der Waals surface area contributed by atoms with Crippen molar-refractivity contribution in [1.29, 1.82) is 0 Å². The predicted octanol–water partition coefficient (Wildman–Crippen LogP) is 3.39. The molecule has 2 aromatic rings. The number of thiazole rings is 1. The number of alkyl halides is 2. The minimum absolute atomic E-state index is 0.0111. The summed E-state index contributed by atoms with van der Waals surface area (Å²) in [6.45, 7) is 4.52. The maximum absolute atomic E-state index is 15.4. The fourth-order valence-electron chi connectivity index (χ4n) is 5.86. The zero-order valence-corrected chi connectivity index (χ0v) is 24.9. The first-order valence-electron chi connectivity index (χ1n) is 13.8. The lowest BCUT2D eigenvalue weighted by Gasteiger charge is -2.32. The van der Waals surface area contributed by atoms with Crippen LogP contribution < -0.4 is 5.32 Å². The Morgan fingerprint density at radius 3 is 2.70 bits per heavy atom. The second kappa shape index (κ2) is 11.4. The van der Waals surface area contributed by atoms with Crippen molar-refractivity contribution >= 4 is 35.0 Å². The van der Waals surface area contributed by atoms with Gasteiger partial charge in [-0.3, -0.25) is 19.5 Å². The number of aliphatic imine (C=N–C) groups is 1. The summed E-state index contributed by atoms with van der Waals surface area (Å²) in [5, 5.41) is 14.8. The molecule has 0 radical (unpaired) electrons. The summed E-state index contributed by atoms with van der Waals surface area (Å²) in [6, 6.07) is 2.13. The minimum Gasteiger partial charge on any atom is -0.481 e. The number of nitrogens with one attached hydrogen (secondary N) is 1. The highest BCUT2D eigenvalue weighted by atomic mass is 32.1. The van der Waals surface area contributed by atoms with Gasteiger partial charge in [-0.2, -0.15) is 0 Å². The van der Waals surface area contributed by atoms with Crippen LogP contribution in [0.1, 0.15) is 42.9 Å². The van der Waals surface area contributed by atoms with Crippen LogP contribution in [0.3, 0.4) is 0 Å². The summed E-state index contributed by atoms with van der Waals surface area (Å²) in [4.78, 5) is 50.2. The number of amidine groups is 1. The van der Waals surface area contributed by atoms with Gasteiger partial charge in [0, 0.05) is 36.9 Å². The van der Waals surface area contributed by atoms with Crippen LogP contribution in [0.2, 0.25) is 0 Å². The number of ether oxygens (including phenoxy) is 1. The van der Waals surface area contributed by atoms with E-state index in [9.17, 15) is 23.9 Å². The molecule has 43 heavy (non-hydrogen) atoms. The molecular formula is C29H32F3N5O5S. The molecular weight excluding hydrogens is 587 g/mol. The number of amides is 1. The SMILES string of the molecule is CCOC(=O)C1=C(CN2CC(F)(F)C3CN(CC(C)(C)C(=O)O)C(=O)C32)NC(c2nccs2)=NC1c1cccc(F)c1C. The van der Waals surface area contributed by atoms with Crippen LogP contribution >= 0.6 is 11.3 Å². The molecule has 3 aliphatic heterocycles. The Kier molecular flexibility index (Phi) is 8.11. The summed E-state index contributed by atoms with van der Waals surface area (Å²) < 4.78 is 50.9. The quantitative estimate of drug-likeness (QED) is 0.410. The van der Waals surface area contributed by atoms with Crippen molar-refractivity contribution in [3.63, 3.8) is 0 Å². The van der Waals surface area contributed by atoms with Crippen LogP contribution in [-0.2, 0) is 19.1 Å². The Hall–Kier alpha value is -3.78. The number of rotatable bonds is 9. The van der Waals surface area contributed by atoms with Gasteiger partial charge in [0.05, 0.1) is 30.1 Å². The molecule has 1 amide bonds. The Morgan fingerprint density at radius 1 is 1.30 bits per heavy atom. The number of hydrogen-bond acceptors (Lipinski definition) is 9. The lowest BCUT2D eigenvalue weighted by molar-refractivity contribution is -0.149. The van der Waals surface area contributed by atoms with E-state index < -0.39 is 59.5 Å². The van der Waals surface area contributed by atoms with Gasteiger partial charge in [-0.15, -0.1) is 11.3 Å². The normalized spacial score (nSPS) is 23.7. The molecule has 5 rings (SSSR count). The van der Waals surface area contributed by atoms with Crippen LogP contribution in [0.25, 0.3) is 0 Å². The summed E-state index contributed by atoms with van der Waals surface area (Å²) in [7, 11) is 0. The molecule has 2 fully saturated rings. The smallest absolute Gasteiger partial charge is 0.338 e. The highest BCUT2D eigenvalue weighted by Gasteiger charge is 2.62. The Balaban J connectivity index is 1.57. The molecule has 1 aromatic carbocycles. The van der Waals surface area contributed by atoms with Gasteiger partial charge in [-0.05, 0) is 44.9 Å². The fourth-order valence-corrected chi connectivity index (χ4v) is 6.44. The van der Waals surface area contributed by atoms with E-state index in [4.69, 9.17) is 9.73 Å². The lowest BCUT2D eigenvalue weighted by Crippen LogP contribution is -2.47. The number of aromatic nitrogens is 1. The van der Waals surface area contributed by atoms with Crippen molar-refractivity contribution in [2.24, 2.45) is 16.3 Å². The van der Waals surface area contributed by atoms with Gasteiger partial charge in [0.2, 0.25) is 5.91 Å². The van der Waals surface area contributed by atoms with Gasteiger partial charge in [0.25, 0.3) is 5.92 Å². The molecule has 3 atom stereocenters. The third kappa shape index (κ3) is 5.65. The van der Waals surface area contributed by atoms with E-state index in [2.05, 4.69) is 10.3 Å². The van der Waals surface area contributed by atoms with Crippen molar-refractivity contribution in [1.82, 2.24) is 20.1 Å². The number of benzene rings is 1. The second-order valence-electron chi connectivity index (χ2n) is 11.5. The molecule has 3 aliphatic rings. The molecule has 0 bridgehead atoms. The average Bonchev–Trinajstić information content (AvgIpc) is 3.63. The van der Waals surface area contributed by atoms with Crippen LogP contribution in [0, 0.1) is 24.1 Å². The fraction of sp³-hybridized carbons (Fsp3) is 0.483. The summed E-state index contributed by atoms with van der Waals surface area (Å²) in [6.07, 6.45) is 1.56. The molecule has 0 aliphatic carbocycles. The zero-order chi connectivity index (χ0) is 31.3. The van der Waals surface area contributed by atoms with Crippen LogP contribution in [0.5, 0.6) is 0 Å².